The van der Waals surface area contributed by atoms with Crippen LogP contribution in [0.4, 0.5) is 0 Å². The van der Waals surface area contributed by atoms with Gasteiger partial charge >= 0.3 is 0 Å². The van der Waals surface area contributed by atoms with Crippen molar-refractivity contribution in [2.45, 2.75) is 39.8 Å². The van der Waals surface area contributed by atoms with Gasteiger partial charge in [0.05, 0.1) is 12.5 Å². The number of aryl methyl sites for hydroxylation is 2. The third-order valence-corrected chi connectivity index (χ3v) is 3.19. The number of nitrogens with zero attached hydrogens (tertiary/aromatic N) is 2. The molecule has 86 valence electrons. The summed E-state index contributed by atoms with van der Waals surface area (Å²) in [5.41, 5.74) is 4.04. The van der Waals surface area contributed by atoms with Crippen LogP contribution in [0.5, 0.6) is 0 Å². The Morgan fingerprint density at radius 3 is 2.38 bits per heavy atom. The van der Waals surface area contributed by atoms with Gasteiger partial charge in [-0.1, -0.05) is 18.2 Å². The normalized spacial score (nSPS) is 12.5. The minimum atomic E-state index is 0.309. The van der Waals surface area contributed by atoms with Crippen LogP contribution in [-0.4, -0.2) is 18.0 Å². The molecular formula is C14H20N2. The van der Waals surface area contributed by atoms with E-state index in [1.165, 1.54) is 16.7 Å². The molecule has 2 nitrogen and oxygen atoms in total. The Kier molecular flexibility index (Phi) is 4.52. The zero-order valence-corrected chi connectivity index (χ0v) is 10.6. The molecule has 0 N–H and O–H groups in total. The van der Waals surface area contributed by atoms with Gasteiger partial charge in [0.25, 0.3) is 0 Å². The monoisotopic (exact) mass is 216 g/mol. The van der Waals surface area contributed by atoms with E-state index in [1.807, 2.05) is 0 Å². The molecule has 0 aromatic heterocycles. The maximum Gasteiger partial charge on any atom is 0.0638 e. The quantitative estimate of drug-likeness (QED) is 0.773. The number of nitriles is 1. The van der Waals surface area contributed by atoms with Gasteiger partial charge in [-0.2, -0.15) is 5.26 Å². The molecule has 0 unspecified atom stereocenters. The molecule has 0 amide bonds. The summed E-state index contributed by atoms with van der Waals surface area (Å²) in [7, 11) is 2.08. The van der Waals surface area contributed by atoms with Crippen molar-refractivity contribution in [2.75, 3.05) is 7.05 Å². The molecule has 1 rings (SSSR count). The predicted molar refractivity (Wildman–Crippen MR) is 67.1 cm³/mol. The van der Waals surface area contributed by atoms with E-state index in [0.717, 1.165) is 6.54 Å². The first kappa shape index (κ1) is 12.7. The van der Waals surface area contributed by atoms with Crippen molar-refractivity contribution in [3.8, 4) is 6.07 Å². The smallest absolute Gasteiger partial charge is 0.0638 e. The first-order chi connectivity index (χ1) is 7.56. The minimum absolute atomic E-state index is 0.309. The molecule has 0 aliphatic carbocycles. The van der Waals surface area contributed by atoms with Crippen molar-refractivity contribution < 1.29 is 0 Å². The van der Waals surface area contributed by atoms with E-state index >= 15 is 0 Å². The summed E-state index contributed by atoms with van der Waals surface area (Å²) in [5.74, 6) is 0. The summed E-state index contributed by atoms with van der Waals surface area (Å²) in [6, 6.07) is 8.91. The van der Waals surface area contributed by atoms with Crippen LogP contribution in [0.1, 0.15) is 30.0 Å². The summed E-state index contributed by atoms with van der Waals surface area (Å²) < 4.78 is 0. The molecule has 1 aromatic carbocycles. The lowest BCUT2D eigenvalue weighted by Gasteiger charge is -2.24. The van der Waals surface area contributed by atoms with Gasteiger partial charge in [0, 0.05) is 12.6 Å². The topological polar surface area (TPSA) is 27.0 Å². The molecule has 0 fully saturated rings. The van der Waals surface area contributed by atoms with Gasteiger partial charge in [-0.15, -0.1) is 0 Å². The lowest BCUT2D eigenvalue weighted by Crippen LogP contribution is -2.28. The molecule has 0 spiro atoms. The highest BCUT2D eigenvalue weighted by atomic mass is 15.1. The van der Waals surface area contributed by atoms with Crippen LogP contribution >= 0.6 is 0 Å². The van der Waals surface area contributed by atoms with E-state index in [4.69, 9.17) is 5.26 Å². The first-order valence-corrected chi connectivity index (χ1v) is 5.68. The van der Waals surface area contributed by atoms with Crippen LogP contribution in [0.3, 0.4) is 0 Å². The molecule has 1 aromatic rings. The lowest BCUT2D eigenvalue weighted by molar-refractivity contribution is 0.251. The van der Waals surface area contributed by atoms with Crippen molar-refractivity contribution in [3.05, 3.63) is 34.9 Å². The van der Waals surface area contributed by atoms with Crippen LogP contribution in [0, 0.1) is 25.2 Å². The molecule has 0 aliphatic heterocycles. The van der Waals surface area contributed by atoms with Crippen molar-refractivity contribution in [1.29, 1.82) is 5.26 Å². The van der Waals surface area contributed by atoms with E-state index in [9.17, 15) is 0 Å². The highest BCUT2D eigenvalue weighted by Gasteiger charge is 2.11. The lowest BCUT2D eigenvalue weighted by atomic mass is 10.0. The largest absolute Gasteiger partial charge is 0.298 e. The zero-order valence-electron chi connectivity index (χ0n) is 10.6. The van der Waals surface area contributed by atoms with E-state index < -0.39 is 0 Å². The summed E-state index contributed by atoms with van der Waals surface area (Å²) in [5, 5.41) is 8.68. The molecule has 0 aliphatic rings. The Morgan fingerprint density at radius 1 is 1.31 bits per heavy atom. The Labute approximate surface area is 98.5 Å². The summed E-state index contributed by atoms with van der Waals surface area (Å²) >= 11 is 0. The van der Waals surface area contributed by atoms with Crippen molar-refractivity contribution in [1.82, 2.24) is 4.90 Å². The van der Waals surface area contributed by atoms with E-state index in [0.29, 0.717) is 12.5 Å². The SMILES string of the molecule is Cc1cccc(C)c1CN(C)[C@@H](C)CC#N. The molecule has 0 saturated carbocycles. The first-order valence-electron chi connectivity index (χ1n) is 5.68. The average molecular weight is 216 g/mol. The second kappa shape index (κ2) is 5.67. The van der Waals surface area contributed by atoms with Gasteiger partial charge in [-0.3, -0.25) is 4.90 Å². The zero-order chi connectivity index (χ0) is 12.1. The molecule has 0 radical (unpaired) electrons. The Balaban J connectivity index is 2.77. The van der Waals surface area contributed by atoms with Gasteiger partial charge in [-0.25, -0.2) is 0 Å². The average Bonchev–Trinajstić information content (AvgIpc) is 2.23. The number of hydrogen-bond donors (Lipinski definition) is 0. The van der Waals surface area contributed by atoms with Crippen LogP contribution in [0.2, 0.25) is 0 Å². The Morgan fingerprint density at radius 2 is 1.88 bits per heavy atom. The summed E-state index contributed by atoms with van der Waals surface area (Å²) in [6.07, 6.45) is 0.585. The van der Waals surface area contributed by atoms with E-state index in [-0.39, 0.29) is 0 Å². The van der Waals surface area contributed by atoms with Crippen LogP contribution in [0.15, 0.2) is 18.2 Å². The van der Waals surface area contributed by atoms with Crippen molar-refractivity contribution in [3.63, 3.8) is 0 Å². The molecule has 0 bridgehead atoms. The molecule has 1 atom stereocenters. The summed E-state index contributed by atoms with van der Waals surface area (Å²) in [4.78, 5) is 2.23. The van der Waals surface area contributed by atoms with Gasteiger partial charge in [0.1, 0.15) is 0 Å². The highest BCUT2D eigenvalue weighted by Crippen LogP contribution is 2.16. The number of rotatable bonds is 4. The molecule has 16 heavy (non-hydrogen) atoms. The van der Waals surface area contributed by atoms with Crippen LogP contribution in [0.25, 0.3) is 0 Å². The number of hydrogen-bond acceptors (Lipinski definition) is 2. The third kappa shape index (κ3) is 3.08. The molecule has 0 saturated heterocycles. The second-order valence-corrected chi connectivity index (χ2v) is 4.50. The van der Waals surface area contributed by atoms with Gasteiger partial charge in [0.15, 0.2) is 0 Å². The second-order valence-electron chi connectivity index (χ2n) is 4.50. The fraction of sp³-hybridized carbons (Fsp3) is 0.500. The van der Waals surface area contributed by atoms with Crippen molar-refractivity contribution >= 4 is 0 Å². The maximum absolute atomic E-state index is 8.68. The highest BCUT2D eigenvalue weighted by molar-refractivity contribution is 5.33. The minimum Gasteiger partial charge on any atom is -0.298 e. The molecule has 0 heterocycles. The fourth-order valence-corrected chi connectivity index (χ4v) is 1.79. The van der Waals surface area contributed by atoms with Crippen molar-refractivity contribution in [2.24, 2.45) is 0 Å². The van der Waals surface area contributed by atoms with Gasteiger partial charge in [0.2, 0.25) is 0 Å². The van der Waals surface area contributed by atoms with Crippen LogP contribution in [-0.2, 0) is 6.54 Å². The standard InChI is InChI=1S/C14H20N2/c1-11-6-5-7-12(2)14(11)10-16(4)13(3)8-9-15/h5-7,13H,8,10H2,1-4H3/t13-/m0/s1. The van der Waals surface area contributed by atoms with E-state index in [1.54, 1.807) is 0 Å². The van der Waals surface area contributed by atoms with Gasteiger partial charge < -0.3 is 0 Å². The van der Waals surface area contributed by atoms with Gasteiger partial charge in [-0.05, 0) is 44.5 Å². The Bertz CT molecular complexity index is 370. The predicted octanol–water partition coefficient (Wildman–Crippen LogP) is 3.04. The molecule has 2 heteroatoms. The third-order valence-electron chi connectivity index (χ3n) is 3.19. The van der Waals surface area contributed by atoms with Crippen LogP contribution < -0.4 is 0 Å². The summed E-state index contributed by atoms with van der Waals surface area (Å²) in [6.45, 7) is 7.30. The Hall–Kier alpha value is -1.33. The maximum atomic E-state index is 8.68. The fourth-order valence-electron chi connectivity index (χ4n) is 1.79. The molecular weight excluding hydrogens is 196 g/mol. The number of benzene rings is 1. The van der Waals surface area contributed by atoms with E-state index in [2.05, 4.69) is 57.0 Å².